The molecule has 9 heteroatoms. The summed E-state index contributed by atoms with van der Waals surface area (Å²) < 4.78 is 7.94. The summed E-state index contributed by atoms with van der Waals surface area (Å²) in [6.45, 7) is 7.96. The first-order valence-electron chi connectivity index (χ1n) is 7.11. The molecule has 1 N–H and O–H groups in total. The summed E-state index contributed by atoms with van der Waals surface area (Å²) in [5.74, 6) is 0. The van der Waals surface area contributed by atoms with Crippen molar-refractivity contribution < 1.29 is 9.84 Å². The number of rotatable bonds is 7. The second kappa shape index (κ2) is 7.19. The molecule has 0 aliphatic carbocycles. The van der Waals surface area contributed by atoms with E-state index >= 15 is 0 Å². The molecular formula is C13H22IN5O2Si. The van der Waals surface area contributed by atoms with Gasteiger partial charge in [0.15, 0.2) is 6.73 Å². The topological polar surface area (TPSA) is 78.0 Å². The monoisotopic (exact) mass is 435 g/mol. The predicted octanol–water partition coefficient (Wildman–Crippen LogP) is 2.01. The Bertz CT molecular complexity index is 622. The van der Waals surface area contributed by atoms with Crippen LogP contribution in [0, 0.1) is 3.70 Å². The van der Waals surface area contributed by atoms with Crippen molar-refractivity contribution >= 4 is 30.7 Å². The Balaban J connectivity index is 1.96. The molecule has 0 saturated carbocycles. The summed E-state index contributed by atoms with van der Waals surface area (Å²) in [6.07, 6.45) is 2.57. The van der Waals surface area contributed by atoms with E-state index in [0.717, 1.165) is 6.04 Å². The fourth-order valence-electron chi connectivity index (χ4n) is 1.83. The highest BCUT2D eigenvalue weighted by Gasteiger charge is 2.20. The zero-order chi connectivity index (χ0) is 16.3. The van der Waals surface area contributed by atoms with Crippen LogP contribution in [0.5, 0.6) is 0 Å². The minimum atomic E-state index is -1.09. The van der Waals surface area contributed by atoms with Crippen molar-refractivity contribution in [3.05, 3.63) is 27.4 Å². The molecule has 0 fully saturated rings. The number of aromatic nitrogens is 5. The molecule has 0 saturated heterocycles. The molecule has 0 amide bonds. The number of hydrogen-bond acceptors (Lipinski definition) is 5. The number of halogens is 1. The number of ether oxygens (including phenoxy) is 1. The Hall–Kier alpha value is -0.783. The van der Waals surface area contributed by atoms with E-state index in [2.05, 4.69) is 57.5 Å². The summed E-state index contributed by atoms with van der Waals surface area (Å²) in [5.41, 5.74) is 1.23. The van der Waals surface area contributed by atoms with Gasteiger partial charge in [-0.25, -0.2) is 0 Å². The van der Waals surface area contributed by atoms with Crippen molar-refractivity contribution in [2.45, 2.75) is 38.5 Å². The van der Waals surface area contributed by atoms with Crippen molar-refractivity contribution in [2.75, 3.05) is 6.61 Å². The maximum Gasteiger partial charge on any atom is 0.158 e. The van der Waals surface area contributed by atoms with Gasteiger partial charge in [0, 0.05) is 33.5 Å². The Morgan fingerprint density at radius 1 is 1.36 bits per heavy atom. The fraction of sp³-hybridized carbons (Fsp3) is 0.615. The van der Waals surface area contributed by atoms with Gasteiger partial charge in [0.1, 0.15) is 15.5 Å². The molecular weight excluding hydrogens is 413 g/mol. The highest BCUT2D eigenvalue weighted by atomic mass is 127. The lowest BCUT2D eigenvalue weighted by atomic mass is 10.1. The van der Waals surface area contributed by atoms with Crippen molar-refractivity contribution in [1.29, 1.82) is 0 Å². The predicted molar refractivity (Wildman–Crippen MR) is 94.1 cm³/mol. The minimum absolute atomic E-state index is 0.306. The van der Waals surface area contributed by atoms with Crippen molar-refractivity contribution in [1.82, 2.24) is 24.8 Å². The Kier molecular flexibility index (Phi) is 5.74. The van der Waals surface area contributed by atoms with Gasteiger partial charge in [-0.1, -0.05) is 19.6 Å². The van der Waals surface area contributed by atoms with Crippen LogP contribution < -0.4 is 0 Å². The van der Waals surface area contributed by atoms with Gasteiger partial charge in [-0.05, 0) is 28.6 Å². The number of aliphatic hydroxyl groups is 1. The first-order chi connectivity index (χ1) is 10.3. The van der Waals surface area contributed by atoms with E-state index in [1.807, 2.05) is 7.05 Å². The molecule has 22 heavy (non-hydrogen) atoms. The molecule has 0 spiro atoms. The lowest BCUT2D eigenvalue weighted by Crippen LogP contribution is -2.22. The lowest BCUT2D eigenvalue weighted by Gasteiger charge is -2.14. The van der Waals surface area contributed by atoms with E-state index in [0.29, 0.717) is 28.3 Å². The van der Waals surface area contributed by atoms with Crippen molar-refractivity contribution in [2.24, 2.45) is 7.05 Å². The van der Waals surface area contributed by atoms with E-state index < -0.39 is 14.2 Å². The van der Waals surface area contributed by atoms with E-state index in [1.165, 1.54) is 4.80 Å². The lowest BCUT2D eigenvalue weighted by molar-refractivity contribution is 0.0674. The van der Waals surface area contributed by atoms with Crippen LogP contribution in [-0.4, -0.2) is 44.6 Å². The zero-order valence-corrected chi connectivity index (χ0v) is 16.5. The number of hydrogen-bond donors (Lipinski definition) is 1. The normalized spacial score (nSPS) is 13.5. The highest BCUT2D eigenvalue weighted by molar-refractivity contribution is 14.1. The van der Waals surface area contributed by atoms with Gasteiger partial charge in [-0.3, -0.25) is 4.68 Å². The van der Waals surface area contributed by atoms with E-state index in [9.17, 15) is 5.11 Å². The molecule has 0 aliphatic rings. The molecule has 2 aromatic rings. The summed E-state index contributed by atoms with van der Waals surface area (Å²) in [4.78, 5) is 1.49. The van der Waals surface area contributed by atoms with Gasteiger partial charge in [0.05, 0.1) is 6.20 Å². The molecule has 2 aromatic heterocycles. The maximum atomic E-state index is 10.4. The Morgan fingerprint density at radius 2 is 2.09 bits per heavy atom. The quantitative estimate of drug-likeness (QED) is 0.409. The average molecular weight is 435 g/mol. The first-order valence-corrected chi connectivity index (χ1v) is 11.9. The fourth-order valence-corrected chi connectivity index (χ4v) is 3.24. The van der Waals surface area contributed by atoms with Crippen LogP contribution >= 0.6 is 22.6 Å². The summed E-state index contributed by atoms with van der Waals surface area (Å²) in [7, 11) is 0.723. The van der Waals surface area contributed by atoms with Gasteiger partial charge in [-0.2, -0.15) is 15.0 Å². The standard InChI is InChI=1S/C13H22IN5O2Si/c1-18-8-10(7-15-18)12(20)11-13(14)17-19(16-11)9-21-5-6-22(2,3)4/h7-8,12,20H,5-6,9H2,1-4H3. The summed E-state index contributed by atoms with van der Waals surface area (Å²) >= 11 is 2.07. The van der Waals surface area contributed by atoms with Crippen LogP contribution in [-0.2, 0) is 18.5 Å². The van der Waals surface area contributed by atoms with Crippen LogP contribution in [0.1, 0.15) is 17.4 Å². The van der Waals surface area contributed by atoms with Gasteiger partial charge in [-0.15, -0.1) is 5.10 Å². The minimum Gasteiger partial charge on any atom is -0.382 e. The summed E-state index contributed by atoms with van der Waals surface area (Å²) in [5, 5.41) is 23.0. The third-order valence-corrected chi connectivity index (χ3v) is 5.61. The third kappa shape index (κ3) is 4.86. The number of aryl methyl sites for hydroxylation is 1. The van der Waals surface area contributed by atoms with Crippen LogP contribution in [0.2, 0.25) is 25.7 Å². The highest BCUT2D eigenvalue weighted by Crippen LogP contribution is 2.22. The van der Waals surface area contributed by atoms with Gasteiger partial charge in [0.2, 0.25) is 0 Å². The van der Waals surface area contributed by atoms with Crippen molar-refractivity contribution in [3.63, 3.8) is 0 Å². The molecule has 7 nitrogen and oxygen atoms in total. The molecule has 0 aliphatic heterocycles. The molecule has 1 atom stereocenters. The molecule has 122 valence electrons. The van der Waals surface area contributed by atoms with Crippen LogP contribution in [0.15, 0.2) is 12.4 Å². The average Bonchev–Trinajstić information content (AvgIpc) is 2.99. The van der Waals surface area contributed by atoms with Gasteiger partial charge >= 0.3 is 0 Å². The van der Waals surface area contributed by atoms with Crippen molar-refractivity contribution in [3.8, 4) is 0 Å². The van der Waals surface area contributed by atoms with E-state index in [1.54, 1.807) is 17.1 Å². The largest absolute Gasteiger partial charge is 0.382 e. The SMILES string of the molecule is Cn1cc(C(O)c2nn(COCC[Si](C)(C)C)nc2I)cn1. The molecule has 2 rings (SSSR count). The van der Waals surface area contributed by atoms with E-state index in [-0.39, 0.29) is 0 Å². The molecule has 1 unspecified atom stereocenters. The van der Waals surface area contributed by atoms with E-state index in [4.69, 9.17) is 4.74 Å². The van der Waals surface area contributed by atoms with Crippen LogP contribution in [0.3, 0.4) is 0 Å². The maximum absolute atomic E-state index is 10.4. The molecule has 0 radical (unpaired) electrons. The molecule has 0 bridgehead atoms. The second-order valence-corrected chi connectivity index (χ2v) is 13.1. The zero-order valence-electron chi connectivity index (χ0n) is 13.3. The molecule has 0 aromatic carbocycles. The van der Waals surface area contributed by atoms with Gasteiger partial charge in [0.25, 0.3) is 0 Å². The summed E-state index contributed by atoms with van der Waals surface area (Å²) in [6, 6.07) is 1.11. The second-order valence-electron chi connectivity index (χ2n) is 6.45. The number of nitrogens with zero attached hydrogens (tertiary/aromatic N) is 5. The van der Waals surface area contributed by atoms with Crippen LogP contribution in [0.4, 0.5) is 0 Å². The van der Waals surface area contributed by atoms with Gasteiger partial charge < -0.3 is 9.84 Å². The smallest absolute Gasteiger partial charge is 0.158 e. The molecule has 2 heterocycles. The number of aliphatic hydroxyl groups excluding tert-OH is 1. The first kappa shape index (κ1) is 17.6. The Morgan fingerprint density at radius 3 is 2.68 bits per heavy atom. The third-order valence-electron chi connectivity index (χ3n) is 3.14. The van der Waals surface area contributed by atoms with Crippen LogP contribution in [0.25, 0.3) is 0 Å². The Labute approximate surface area is 144 Å².